The summed E-state index contributed by atoms with van der Waals surface area (Å²) in [5.74, 6) is 0.879. The third-order valence-corrected chi connectivity index (χ3v) is 5.45. The normalized spacial score (nSPS) is 24.2. The average molecular weight is 282 g/mol. The fourth-order valence-corrected chi connectivity index (χ4v) is 3.87. The van der Waals surface area contributed by atoms with Crippen LogP contribution < -0.4 is 4.74 Å². The Labute approximate surface area is 115 Å². The molecule has 3 nitrogen and oxygen atoms in total. The predicted octanol–water partition coefficient (Wildman–Crippen LogP) is 3.04. The Bertz CT molecular complexity index is 549. The van der Waals surface area contributed by atoms with Gasteiger partial charge < -0.3 is 4.74 Å². The highest BCUT2D eigenvalue weighted by Gasteiger charge is 2.30. The third kappa shape index (κ3) is 3.72. The summed E-state index contributed by atoms with van der Waals surface area (Å²) in [7, 11) is -2.95. The van der Waals surface area contributed by atoms with Crippen molar-refractivity contribution < 1.29 is 13.2 Å². The van der Waals surface area contributed by atoms with Crippen LogP contribution in [-0.4, -0.2) is 26.0 Å². The summed E-state index contributed by atoms with van der Waals surface area (Å²) in [6.07, 6.45) is 4.61. The monoisotopic (exact) mass is 282 g/mol. The molecule has 0 heterocycles. The fourth-order valence-electron chi connectivity index (χ4n) is 2.71. The van der Waals surface area contributed by atoms with Crippen molar-refractivity contribution in [3.8, 4) is 5.75 Å². The Hall–Kier alpha value is -1.03. The first kappa shape index (κ1) is 14.4. The number of ether oxygens (including phenoxy) is 1. The van der Waals surface area contributed by atoms with Gasteiger partial charge in [-0.3, -0.25) is 0 Å². The second-order valence-electron chi connectivity index (χ2n) is 5.63. The molecule has 0 radical (unpaired) electrons. The first-order valence-corrected chi connectivity index (χ1v) is 8.74. The minimum absolute atomic E-state index is 0.0230. The van der Waals surface area contributed by atoms with Gasteiger partial charge in [0.05, 0.1) is 11.4 Å². The summed E-state index contributed by atoms with van der Waals surface area (Å²) < 4.78 is 29.3. The van der Waals surface area contributed by atoms with Crippen LogP contribution in [0.25, 0.3) is 0 Å². The van der Waals surface area contributed by atoms with Gasteiger partial charge >= 0.3 is 0 Å². The van der Waals surface area contributed by atoms with Crippen LogP contribution in [0.5, 0.6) is 5.75 Å². The van der Waals surface area contributed by atoms with Gasteiger partial charge in [0.2, 0.25) is 0 Å². The van der Waals surface area contributed by atoms with E-state index in [0.29, 0.717) is 6.42 Å². The van der Waals surface area contributed by atoms with Crippen molar-refractivity contribution in [1.82, 2.24) is 0 Å². The number of hydrogen-bond acceptors (Lipinski definition) is 3. The van der Waals surface area contributed by atoms with E-state index in [-0.39, 0.29) is 11.4 Å². The molecule has 0 aromatic heterocycles. The lowest BCUT2D eigenvalue weighted by molar-refractivity contribution is 0.155. The van der Waals surface area contributed by atoms with Crippen molar-refractivity contribution in [2.24, 2.45) is 0 Å². The van der Waals surface area contributed by atoms with Gasteiger partial charge in [-0.2, -0.15) is 0 Å². The summed E-state index contributed by atoms with van der Waals surface area (Å²) in [4.78, 5) is 0. The zero-order chi connectivity index (χ0) is 14.0. The van der Waals surface area contributed by atoms with Crippen molar-refractivity contribution >= 4 is 9.84 Å². The number of aryl methyl sites for hydroxylation is 2. The average Bonchev–Trinajstić information content (AvgIpc) is 2.32. The van der Waals surface area contributed by atoms with Gasteiger partial charge in [0.15, 0.2) is 0 Å². The van der Waals surface area contributed by atoms with Gasteiger partial charge in [-0.1, -0.05) is 17.7 Å². The van der Waals surface area contributed by atoms with Gasteiger partial charge in [0.1, 0.15) is 15.6 Å². The molecule has 1 saturated carbocycles. The van der Waals surface area contributed by atoms with E-state index in [4.69, 9.17) is 4.74 Å². The van der Waals surface area contributed by atoms with Crippen LogP contribution in [0.1, 0.15) is 36.8 Å². The standard InChI is InChI=1S/C15H22O3S/c1-11-7-8-15(12(2)9-11)18-13-5-4-6-14(10-13)19(3,16)17/h7-9,13-14H,4-6,10H2,1-3H3. The Morgan fingerprint density at radius 3 is 2.58 bits per heavy atom. The van der Waals surface area contributed by atoms with Crippen LogP contribution in [0.2, 0.25) is 0 Å². The van der Waals surface area contributed by atoms with E-state index in [0.717, 1.165) is 30.6 Å². The second-order valence-corrected chi connectivity index (χ2v) is 7.95. The van der Waals surface area contributed by atoms with Crippen LogP contribution in [0, 0.1) is 13.8 Å². The summed E-state index contributed by atoms with van der Waals surface area (Å²) in [6.45, 7) is 4.08. The van der Waals surface area contributed by atoms with Gasteiger partial charge in [-0.05, 0) is 44.7 Å². The number of benzene rings is 1. The van der Waals surface area contributed by atoms with E-state index in [1.807, 2.05) is 19.1 Å². The minimum atomic E-state index is -2.95. The van der Waals surface area contributed by atoms with E-state index in [1.165, 1.54) is 11.8 Å². The molecule has 1 fully saturated rings. The molecule has 2 rings (SSSR count). The van der Waals surface area contributed by atoms with Gasteiger partial charge in [0, 0.05) is 12.7 Å². The molecular formula is C15H22O3S. The molecule has 0 spiro atoms. The largest absolute Gasteiger partial charge is 0.490 e. The first-order valence-electron chi connectivity index (χ1n) is 6.79. The topological polar surface area (TPSA) is 43.4 Å². The van der Waals surface area contributed by atoms with E-state index >= 15 is 0 Å². The van der Waals surface area contributed by atoms with Crippen molar-refractivity contribution in [3.05, 3.63) is 29.3 Å². The molecule has 0 amide bonds. The van der Waals surface area contributed by atoms with Crippen molar-refractivity contribution in [2.75, 3.05) is 6.26 Å². The Balaban J connectivity index is 2.07. The summed E-state index contributed by atoms with van der Waals surface area (Å²) in [5.41, 5.74) is 2.32. The minimum Gasteiger partial charge on any atom is -0.490 e. The second kappa shape index (κ2) is 5.53. The third-order valence-electron chi connectivity index (χ3n) is 3.81. The van der Waals surface area contributed by atoms with Crippen LogP contribution >= 0.6 is 0 Å². The lowest BCUT2D eigenvalue weighted by atomic mass is 9.97. The number of sulfone groups is 1. The van der Waals surface area contributed by atoms with Crippen molar-refractivity contribution in [2.45, 2.75) is 50.9 Å². The smallest absolute Gasteiger partial charge is 0.150 e. The lowest BCUT2D eigenvalue weighted by Gasteiger charge is -2.29. The number of rotatable bonds is 3. The lowest BCUT2D eigenvalue weighted by Crippen LogP contribution is -2.33. The fraction of sp³-hybridized carbons (Fsp3) is 0.600. The zero-order valence-electron chi connectivity index (χ0n) is 11.8. The predicted molar refractivity (Wildman–Crippen MR) is 77.4 cm³/mol. The molecule has 1 aliphatic rings. The molecule has 106 valence electrons. The molecule has 19 heavy (non-hydrogen) atoms. The van der Waals surface area contributed by atoms with E-state index in [2.05, 4.69) is 13.0 Å². The van der Waals surface area contributed by atoms with Crippen LogP contribution in [0.4, 0.5) is 0 Å². The molecule has 0 aliphatic heterocycles. The maximum Gasteiger partial charge on any atom is 0.150 e. The Morgan fingerprint density at radius 2 is 1.95 bits per heavy atom. The van der Waals surface area contributed by atoms with E-state index in [1.54, 1.807) is 0 Å². The molecule has 0 bridgehead atoms. The highest BCUT2D eigenvalue weighted by Crippen LogP contribution is 2.29. The van der Waals surface area contributed by atoms with Crippen LogP contribution in [0.15, 0.2) is 18.2 Å². The molecule has 1 aromatic rings. The first-order chi connectivity index (χ1) is 8.86. The molecule has 4 heteroatoms. The van der Waals surface area contributed by atoms with Gasteiger partial charge in [0.25, 0.3) is 0 Å². The Kier molecular flexibility index (Phi) is 4.19. The molecule has 0 N–H and O–H groups in total. The quantitative estimate of drug-likeness (QED) is 0.856. The Morgan fingerprint density at radius 1 is 1.21 bits per heavy atom. The maximum absolute atomic E-state index is 11.6. The highest BCUT2D eigenvalue weighted by molar-refractivity contribution is 7.91. The van der Waals surface area contributed by atoms with Crippen LogP contribution in [-0.2, 0) is 9.84 Å². The van der Waals surface area contributed by atoms with E-state index in [9.17, 15) is 8.42 Å². The summed E-state index contributed by atoms with van der Waals surface area (Å²) in [6, 6.07) is 6.10. The molecule has 0 saturated heterocycles. The highest BCUT2D eigenvalue weighted by atomic mass is 32.2. The summed E-state index contributed by atoms with van der Waals surface area (Å²) >= 11 is 0. The SMILES string of the molecule is Cc1ccc(OC2CCCC(S(C)(=O)=O)C2)c(C)c1. The van der Waals surface area contributed by atoms with Crippen molar-refractivity contribution in [3.63, 3.8) is 0 Å². The molecule has 2 unspecified atom stereocenters. The van der Waals surface area contributed by atoms with E-state index < -0.39 is 9.84 Å². The maximum atomic E-state index is 11.6. The van der Waals surface area contributed by atoms with Crippen LogP contribution in [0.3, 0.4) is 0 Å². The zero-order valence-corrected chi connectivity index (χ0v) is 12.7. The molecule has 1 aromatic carbocycles. The van der Waals surface area contributed by atoms with Gasteiger partial charge in [-0.15, -0.1) is 0 Å². The molecule has 1 aliphatic carbocycles. The molecular weight excluding hydrogens is 260 g/mol. The van der Waals surface area contributed by atoms with Crippen molar-refractivity contribution in [1.29, 1.82) is 0 Å². The van der Waals surface area contributed by atoms with Gasteiger partial charge in [-0.25, -0.2) is 8.42 Å². The molecule has 2 atom stereocenters. The number of hydrogen-bond donors (Lipinski definition) is 0. The summed E-state index contributed by atoms with van der Waals surface area (Å²) in [5, 5.41) is -0.239.